The minimum absolute atomic E-state index is 0.425. The van der Waals surface area contributed by atoms with E-state index in [9.17, 15) is 17.2 Å². The third-order valence-electron chi connectivity index (χ3n) is 4.44. The Hall–Kier alpha value is -1.80. The van der Waals surface area contributed by atoms with Gasteiger partial charge in [0, 0.05) is 25.0 Å². The number of piperidine rings is 1. The molecule has 1 saturated heterocycles. The Kier molecular flexibility index (Phi) is 4.96. The Morgan fingerprint density at radius 1 is 1.21 bits per heavy atom. The molecule has 1 aliphatic rings. The summed E-state index contributed by atoms with van der Waals surface area (Å²) in [5.41, 5.74) is 0.476. The van der Waals surface area contributed by atoms with Crippen molar-refractivity contribution in [2.75, 3.05) is 19.6 Å². The molecule has 1 aromatic heterocycles. The average molecular weight is 355 g/mol. The number of aromatic nitrogens is 2. The van der Waals surface area contributed by atoms with Crippen molar-refractivity contribution in [1.29, 1.82) is 0 Å². The van der Waals surface area contributed by atoms with E-state index in [1.54, 1.807) is 0 Å². The monoisotopic (exact) mass is 355 g/mol. The number of halogens is 2. The van der Waals surface area contributed by atoms with Gasteiger partial charge in [-0.05, 0) is 44.0 Å². The molecule has 5 nitrogen and oxygen atoms in total. The largest absolute Gasteiger partial charge is 0.303 e. The van der Waals surface area contributed by atoms with Crippen LogP contribution in [0.15, 0.2) is 36.9 Å². The summed E-state index contributed by atoms with van der Waals surface area (Å²) >= 11 is 0. The molecule has 24 heavy (non-hydrogen) atoms. The van der Waals surface area contributed by atoms with Crippen LogP contribution in [0.2, 0.25) is 0 Å². The van der Waals surface area contributed by atoms with E-state index in [4.69, 9.17) is 0 Å². The smallest absolute Gasteiger partial charge is 0.242 e. The SMILES string of the molecule is O=S(=O)(C1CCN(CCc2ccc(F)cc2F)CC1)n1ccnc1. The third kappa shape index (κ3) is 3.64. The van der Waals surface area contributed by atoms with Gasteiger partial charge in [-0.3, -0.25) is 0 Å². The van der Waals surface area contributed by atoms with Crippen LogP contribution in [0.1, 0.15) is 18.4 Å². The summed E-state index contributed by atoms with van der Waals surface area (Å²) in [4.78, 5) is 5.90. The summed E-state index contributed by atoms with van der Waals surface area (Å²) in [7, 11) is -3.39. The second-order valence-corrected chi connectivity index (χ2v) is 8.08. The molecule has 0 saturated carbocycles. The van der Waals surface area contributed by atoms with E-state index in [1.165, 1.54) is 34.8 Å². The molecule has 0 radical (unpaired) electrons. The van der Waals surface area contributed by atoms with Gasteiger partial charge in [-0.2, -0.15) is 0 Å². The number of hydrogen-bond donors (Lipinski definition) is 0. The van der Waals surface area contributed by atoms with Crippen LogP contribution in [0.4, 0.5) is 8.78 Å². The van der Waals surface area contributed by atoms with Crippen molar-refractivity contribution >= 4 is 10.0 Å². The van der Waals surface area contributed by atoms with Crippen LogP contribution in [0.5, 0.6) is 0 Å². The first-order valence-electron chi connectivity index (χ1n) is 7.85. The van der Waals surface area contributed by atoms with Gasteiger partial charge in [0.25, 0.3) is 0 Å². The average Bonchev–Trinajstić information content (AvgIpc) is 3.10. The maximum atomic E-state index is 13.6. The summed E-state index contributed by atoms with van der Waals surface area (Å²) in [6, 6.07) is 3.60. The molecule has 8 heteroatoms. The van der Waals surface area contributed by atoms with Crippen molar-refractivity contribution in [2.24, 2.45) is 0 Å². The highest BCUT2D eigenvalue weighted by atomic mass is 32.2. The standard InChI is InChI=1S/C16H19F2N3O2S/c17-14-2-1-13(16(18)11-14)3-7-20-8-4-15(5-9-20)24(22,23)21-10-6-19-12-21/h1-2,6,10-12,15H,3-5,7-9H2. The predicted octanol–water partition coefficient (Wildman–Crippen LogP) is 2.05. The van der Waals surface area contributed by atoms with E-state index in [0.717, 1.165) is 6.07 Å². The van der Waals surface area contributed by atoms with Gasteiger partial charge in [-0.1, -0.05) is 6.07 Å². The van der Waals surface area contributed by atoms with Gasteiger partial charge in [0.2, 0.25) is 10.0 Å². The van der Waals surface area contributed by atoms with Gasteiger partial charge in [0.1, 0.15) is 18.0 Å². The summed E-state index contributed by atoms with van der Waals surface area (Å²) in [6.45, 7) is 1.91. The lowest BCUT2D eigenvalue weighted by molar-refractivity contribution is 0.231. The van der Waals surface area contributed by atoms with Crippen molar-refractivity contribution in [3.8, 4) is 0 Å². The van der Waals surface area contributed by atoms with Gasteiger partial charge >= 0.3 is 0 Å². The van der Waals surface area contributed by atoms with Crippen LogP contribution in [0.3, 0.4) is 0 Å². The lowest BCUT2D eigenvalue weighted by Gasteiger charge is -2.31. The molecule has 1 aromatic carbocycles. The van der Waals surface area contributed by atoms with Crippen molar-refractivity contribution in [2.45, 2.75) is 24.5 Å². The predicted molar refractivity (Wildman–Crippen MR) is 86.1 cm³/mol. The zero-order valence-electron chi connectivity index (χ0n) is 13.1. The van der Waals surface area contributed by atoms with Crippen LogP contribution in [0.25, 0.3) is 0 Å². The molecule has 1 fully saturated rings. The molecule has 3 rings (SSSR count). The van der Waals surface area contributed by atoms with Crippen molar-refractivity contribution in [3.05, 3.63) is 54.1 Å². The van der Waals surface area contributed by atoms with Crippen LogP contribution >= 0.6 is 0 Å². The fourth-order valence-corrected chi connectivity index (χ4v) is 4.56. The second-order valence-electron chi connectivity index (χ2n) is 5.96. The lowest BCUT2D eigenvalue weighted by Crippen LogP contribution is -2.41. The number of nitrogens with zero attached hydrogens (tertiary/aromatic N) is 3. The number of benzene rings is 1. The molecule has 2 aromatic rings. The number of rotatable bonds is 5. The maximum absolute atomic E-state index is 13.6. The Bertz CT molecular complexity index is 786. The molecule has 0 unspecified atom stereocenters. The highest BCUT2D eigenvalue weighted by Crippen LogP contribution is 2.20. The van der Waals surface area contributed by atoms with Gasteiger partial charge in [-0.25, -0.2) is 26.2 Å². The number of likely N-dealkylation sites (tertiary alicyclic amines) is 1. The van der Waals surface area contributed by atoms with Crippen LogP contribution < -0.4 is 0 Å². The fraction of sp³-hybridized carbons (Fsp3) is 0.438. The quantitative estimate of drug-likeness (QED) is 0.824. The molecule has 130 valence electrons. The van der Waals surface area contributed by atoms with Gasteiger partial charge in [0.15, 0.2) is 0 Å². The van der Waals surface area contributed by atoms with E-state index in [2.05, 4.69) is 9.88 Å². The Labute approximate surface area is 140 Å². The number of hydrogen-bond acceptors (Lipinski definition) is 4. The highest BCUT2D eigenvalue weighted by molar-refractivity contribution is 7.90. The molecule has 2 heterocycles. The maximum Gasteiger partial charge on any atom is 0.242 e. The van der Waals surface area contributed by atoms with Gasteiger partial charge in [-0.15, -0.1) is 0 Å². The molecular formula is C16H19F2N3O2S. The summed E-state index contributed by atoms with van der Waals surface area (Å²) in [5, 5.41) is -0.425. The molecule has 1 aliphatic heterocycles. The summed E-state index contributed by atoms with van der Waals surface area (Å²) in [6.07, 6.45) is 5.74. The summed E-state index contributed by atoms with van der Waals surface area (Å²) in [5.74, 6) is -1.12. The first kappa shape index (κ1) is 17.0. The first-order valence-corrected chi connectivity index (χ1v) is 9.36. The first-order chi connectivity index (χ1) is 11.5. The molecule has 0 atom stereocenters. The Morgan fingerprint density at radius 2 is 1.96 bits per heavy atom. The molecule has 0 bridgehead atoms. The highest BCUT2D eigenvalue weighted by Gasteiger charge is 2.30. The van der Waals surface area contributed by atoms with Gasteiger partial charge < -0.3 is 4.90 Å². The zero-order chi connectivity index (χ0) is 17.2. The summed E-state index contributed by atoms with van der Waals surface area (Å²) < 4.78 is 52.6. The third-order valence-corrected chi connectivity index (χ3v) is 6.56. The van der Waals surface area contributed by atoms with E-state index in [-0.39, 0.29) is 0 Å². The van der Waals surface area contributed by atoms with Crippen molar-refractivity contribution in [3.63, 3.8) is 0 Å². The lowest BCUT2D eigenvalue weighted by atomic mass is 10.1. The number of imidazole rings is 1. The Morgan fingerprint density at radius 3 is 2.58 bits per heavy atom. The van der Waals surface area contributed by atoms with E-state index < -0.39 is 26.9 Å². The van der Waals surface area contributed by atoms with E-state index in [1.807, 2.05) is 0 Å². The van der Waals surface area contributed by atoms with Crippen LogP contribution in [-0.4, -0.2) is 47.2 Å². The fourth-order valence-electron chi connectivity index (χ4n) is 3.00. The minimum Gasteiger partial charge on any atom is -0.303 e. The molecule has 0 amide bonds. The van der Waals surface area contributed by atoms with Crippen molar-refractivity contribution < 1.29 is 17.2 Å². The molecule has 0 N–H and O–H groups in total. The molecule has 0 spiro atoms. The van der Waals surface area contributed by atoms with E-state index >= 15 is 0 Å². The van der Waals surface area contributed by atoms with E-state index in [0.29, 0.717) is 44.5 Å². The second kappa shape index (κ2) is 6.98. The minimum atomic E-state index is -3.39. The molecular weight excluding hydrogens is 336 g/mol. The normalized spacial score (nSPS) is 17.2. The van der Waals surface area contributed by atoms with Gasteiger partial charge in [0.05, 0.1) is 5.25 Å². The topological polar surface area (TPSA) is 55.2 Å². The zero-order valence-corrected chi connectivity index (χ0v) is 13.9. The molecule has 0 aliphatic carbocycles. The van der Waals surface area contributed by atoms with Crippen LogP contribution in [0, 0.1) is 11.6 Å². The van der Waals surface area contributed by atoms with Crippen molar-refractivity contribution in [1.82, 2.24) is 13.9 Å². The van der Waals surface area contributed by atoms with Crippen LogP contribution in [-0.2, 0) is 16.4 Å². The Balaban J connectivity index is 1.54.